The Bertz CT molecular complexity index is 1390. The summed E-state index contributed by atoms with van der Waals surface area (Å²) >= 11 is 0. The number of Topliss-reactive ketones (excluding diaryl/α,β-unsaturated/α-hetero) is 1. The number of hydrogen-bond donors (Lipinski definition) is 0. The molecule has 2 saturated heterocycles. The average Bonchev–Trinajstić information content (AvgIpc) is 2.98. The van der Waals surface area contributed by atoms with E-state index < -0.39 is 35.5 Å². The fourth-order valence-electron chi connectivity index (χ4n) is 6.01. The Morgan fingerprint density at radius 2 is 1.08 bits per heavy atom. The number of hydrogen-bond acceptors (Lipinski definition) is 9. The summed E-state index contributed by atoms with van der Waals surface area (Å²) < 4.78 is 15.5. The van der Waals surface area contributed by atoms with Crippen LogP contribution in [-0.4, -0.2) is 87.2 Å². The Morgan fingerprint density at radius 3 is 1.49 bits per heavy atom. The Morgan fingerprint density at radius 1 is 0.667 bits per heavy atom. The predicted octanol–water partition coefficient (Wildman–Crippen LogP) is 8.19. The van der Waals surface area contributed by atoms with Gasteiger partial charge in [0.15, 0.2) is 5.78 Å². The maximum Gasteiger partial charge on any atom is 0.411 e. The molecule has 51 heavy (non-hydrogen) atoms. The molecule has 11 heteroatoms. The molecular weight excluding hydrogens is 648 g/mol. The van der Waals surface area contributed by atoms with Gasteiger partial charge in [0.1, 0.15) is 17.2 Å². The molecule has 2 aromatic rings. The summed E-state index contributed by atoms with van der Waals surface area (Å²) in [4.78, 5) is 60.5. The van der Waals surface area contributed by atoms with Gasteiger partial charge in [0, 0.05) is 35.9 Å². The van der Waals surface area contributed by atoms with Crippen molar-refractivity contribution in [1.29, 1.82) is 0 Å². The normalized spacial score (nSPS) is 17.3. The molecule has 4 rings (SSSR count). The number of carbonyl (C=O) groups excluding carboxylic acids is 4. The topological polar surface area (TPSA) is 128 Å². The van der Waals surface area contributed by atoms with Gasteiger partial charge >= 0.3 is 18.2 Å². The zero-order valence-electron chi connectivity index (χ0n) is 32.5. The van der Waals surface area contributed by atoms with E-state index >= 15 is 0 Å². The van der Waals surface area contributed by atoms with E-state index in [0.717, 1.165) is 54.0 Å². The summed E-state index contributed by atoms with van der Waals surface area (Å²) in [6.07, 6.45) is 4.45. The molecule has 2 aliphatic heterocycles. The van der Waals surface area contributed by atoms with Gasteiger partial charge in [0.2, 0.25) is 0 Å². The van der Waals surface area contributed by atoms with Crippen molar-refractivity contribution < 1.29 is 33.4 Å². The van der Waals surface area contributed by atoms with E-state index in [1.54, 1.807) is 4.90 Å². The number of piperidine rings is 2. The molecule has 2 aromatic heterocycles. The standard InChI is InChI=1S/C19H28N2O3.C12H21NO4.C8H11N.CH4/c1-13-10-14(2)20-15(11-13)12-17(22)16-8-6-7-9-21(16)18(23)24-19(3,4)5;1-12(2,3)17-11(15)13-8-6-5-7-9(13)10(14)16-4;1-6-4-7(2)9-8(3)5-6;/h10-11,16H,6-9,12H2,1-5H3;9H,5-8H2,1-4H3;4-5H,1-3H3;1H4/t16-;9-;;/m00../s1. The average molecular weight is 713 g/mol. The van der Waals surface area contributed by atoms with E-state index in [2.05, 4.69) is 29.0 Å². The molecule has 2 aliphatic rings. The van der Waals surface area contributed by atoms with Crippen molar-refractivity contribution in [2.45, 2.75) is 152 Å². The Kier molecular flexibility index (Phi) is 17.8. The monoisotopic (exact) mass is 712 g/mol. The SMILES string of the molecule is C.COC(=O)[C@@H]1CCCCN1C(=O)OC(C)(C)C.Cc1cc(C)nc(C)c1.Cc1cc(C)nc(CC(=O)[C@@H]2CCCCN2C(=O)OC(C)(C)C)c1. The number of ketones is 1. The van der Waals surface area contributed by atoms with Crippen LogP contribution in [0.4, 0.5) is 9.59 Å². The molecule has 11 nitrogen and oxygen atoms in total. The third-order valence-electron chi connectivity index (χ3n) is 7.84. The smallest absolute Gasteiger partial charge is 0.411 e. The van der Waals surface area contributed by atoms with Crippen molar-refractivity contribution in [3.8, 4) is 0 Å². The van der Waals surface area contributed by atoms with Gasteiger partial charge in [-0.1, -0.05) is 7.43 Å². The quantitative estimate of drug-likeness (QED) is 0.228. The predicted molar refractivity (Wildman–Crippen MR) is 201 cm³/mol. The van der Waals surface area contributed by atoms with Crippen LogP contribution in [0.3, 0.4) is 0 Å². The lowest BCUT2D eigenvalue weighted by Crippen LogP contribution is -2.50. The van der Waals surface area contributed by atoms with Crippen LogP contribution in [0.1, 0.15) is 121 Å². The maximum atomic E-state index is 12.8. The van der Waals surface area contributed by atoms with Crippen molar-refractivity contribution in [3.05, 3.63) is 58.2 Å². The van der Waals surface area contributed by atoms with Crippen LogP contribution < -0.4 is 0 Å². The minimum atomic E-state index is -0.558. The molecule has 4 heterocycles. The molecular formula is C40H64N4O7. The van der Waals surface area contributed by atoms with Gasteiger partial charge in [-0.15, -0.1) is 0 Å². The second-order valence-corrected chi connectivity index (χ2v) is 15.2. The highest BCUT2D eigenvalue weighted by Crippen LogP contribution is 2.23. The minimum absolute atomic E-state index is 0. The number of esters is 1. The maximum absolute atomic E-state index is 12.8. The van der Waals surface area contributed by atoms with Crippen LogP contribution in [0.5, 0.6) is 0 Å². The van der Waals surface area contributed by atoms with Gasteiger partial charge in [-0.25, -0.2) is 14.4 Å². The van der Waals surface area contributed by atoms with Crippen LogP contribution >= 0.6 is 0 Å². The van der Waals surface area contributed by atoms with Gasteiger partial charge in [-0.05, 0) is 150 Å². The molecule has 2 amide bonds. The molecule has 0 N–H and O–H groups in total. The third kappa shape index (κ3) is 16.2. The zero-order valence-corrected chi connectivity index (χ0v) is 32.5. The highest BCUT2D eigenvalue weighted by molar-refractivity contribution is 5.89. The number of pyridine rings is 2. The number of nitrogens with zero attached hydrogens (tertiary/aromatic N) is 4. The van der Waals surface area contributed by atoms with E-state index in [4.69, 9.17) is 14.2 Å². The van der Waals surface area contributed by atoms with Gasteiger partial charge < -0.3 is 14.2 Å². The molecule has 0 radical (unpaired) electrons. The Labute approximate surface area is 306 Å². The van der Waals surface area contributed by atoms with Crippen LogP contribution in [0.2, 0.25) is 0 Å². The molecule has 0 aromatic carbocycles. The van der Waals surface area contributed by atoms with Crippen LogP contribution in [-0.2, 0) is 30.2 Å². The number of ether oxygens (including phenoxy) is 3. The summed E-state index contributed by atoms with van der Waals surface area (Å²) in [6, 6.07) is 7.17. The van der Waals surface area contributed by atoms with E-state index in [1.165, 1.54) is 17.6 Å². The van der Waals surface area contributed by atoms with Crippen molar-refractivity contribution in [1.82, 2.24) is 19.8 Å². The van der Waals surface area contributed by atoms with Gasteiger partial charge in [0.05, 0.1) is 19.6 Å². The molecule has 2 atom stereocenters. The van der Waals surface area contributed by atoms with Gasteiger partial charge in [-0.3, -0.25) is 24.6 Å². The summed E-state index contributed by atoms with van der Waals surface area (Å²) in [5.41, 5.74) is 5.17. The van der Waals surface area contributed by atoms with Crippen LogP contribution in [0.15, 0.2) is 24.3 Å². The first-order valence-electron chi connectivity index (χ1n) is 17.6. The van der Waals surface area contributed by atoms with Gasteiger partial charge in [0.25, 0.3) is 0 Å². The first-order chi connectivity index (χ1) is 23.2. The van der Waals surface area contributed by atoms with Crippen molar-refractivity contribution in [3.63, 3.8) is 0 Å². The highest BCUT2D eigenvalue weighted by atomic mass is 16.6. The first-order valence-corrected chi connectivity index (χ1v) is 17.6. The number of likely N-dealkylation sites (tertiary alicyclic amines) is 2. The number of methoxy groups -OCH3 is 1. The summed E-state index contributed by atoms with van der Waals surface area (Å²) in [5.74, 6) is -0.325. The summed E-state index contributed by atoms with van der Waals surface area (Å²) in [7, 11) is 1.34. The van der Waals surface area contributed by atoms with Crippen molar-refractivity contribution in [2.24, 2.45) is 0 Å². The van der Waals surface area contributed by atoms with E-state index in [0.29, 0.717) is 25.9 Å². The number of amides is 2. The molecule has 0 bridgehead atoms. The second kappa shape index (κ2) is 20.1. The molecule has 286 valence electrons. The number of aromatic nitrogens is 2. The molecule has 2 fully saturated rings. The van der Waals surface area contributed by atoms with Crippen molar-refractivity contribution >= 4 is 23.9 Å². The highest BCUT2D eigenvalue weighted by Gasteiger charge is 2.36. The fourth-order valence-corrected chi connectivity index (χ4v) is 6.01. The molecule has 0 aliphatic carbocycles. The first kappa shape index (κ1) is 45.0. The molecule has 0 saturated carbocycles. The fraction of sp³-hybridized carbons (Fsp3) is 0.650. The lowest BCUT2D eigenvalue weighted by molar-refractivity contribution is -0.148. The number of rotatable bonds is 4. The Balaban J connectivity index is 0.000000418. The van der Waals surface area contributed by atoms with Crippen molar-refractivity contribution in [2.75, 3.05) is 20.2 Å². The lowest BCUT2D eigenvalue weighted by atomic mass is 9.96. The molecule has 0 spiro atoms. The summed E-state index contributed by atoms with van der Waals surface area (Å²) in [6.45, 7) is 22.1. The third-order valence-corrected chi connectivity index (χ3v) is 7.84. The van der Waals surface area contributed by atoms with Crippen LogP contribution in [0, 0.1) is 34.6 Å². The van der Waals surface area contributed by atoms with Gasteiger partial charge in [-0.2, -0.15) is 0 Å². The molecule has 0 unspecified atom stereocenters. The second-order valence-electron chi connectivity index (χ2n) is 15.2. The largest absolute Gasteiger partial charge is 0.467 e. The number of aryl methyl sites for hydroxylation is 5. The van der Waals surface area contributed by atoms with E-state index in [1.807, 2.05) is 81.4 Å². The van der Waals surface area contributed by atoms with E-state index in [9.17, 15) is 19.2 Å². The summed E-state index contributed by atoms with van der Waals surface area (Å²) in [5, 5.41) is 0. The van der Waals surface area contributed by atoms with E-state index in [-0.39, 0.29) is 25.6 Å². The zero-order chi connectivity index (χ0) is 37.8. The Hall–Kier alpha value is -4.02. The van der Waals surface area contributed by atoms with Crippen LogP contribution in [0.25, 0.3) is 0 Å². The minimum Gasteiger partial charge on any atom is -0.467 e. The number of carbonyl (C=O) groups is 4. The lowest BCUT2D eigenvalue weighted by Gasteiger charge is -2.35.